The van der Waals surface area contributed by atoms with Crippen molar-refractivity contribution in [2.24, 2.45) is 5.92 Å². The molecule has 296 valence electrons. The molecule has 0 rings (SSSR count). The van der Waals surface area contributed by atoms with Gasteiger partial charge in [0, 0.05) is 19.3 Å². The van der Waals surface area contributed by atoms with Crippen LogP contribution >= 0.6 is 0 Å². The second kappa shape index (κ2) is 38.6. The smallest absolute Gasteiger partial charge is 0.306 e. The number of esters is 3. The second-order valence-electron chi connectivity index (χ2n) is 15.5. The Bertz CT molecular complexity index is 751. The van der Waals surface area contributed by atoms with Crippen LogP contribution in [0.15, 0.2) is 0 Å². The van der Waals surface area contributed by atoms with Crippen molar-refractivity contribution >= 4 is 17.9 Å². The highest BCUT2D eigenvalue weighted by molar-refractivity contribution is 5.71. The summed E-state index contributed by atoms with van der Waals surface area (Å²) < 4.78 is 16.6. The number of carbonyl (C=O) groups excluding carboxylic acids is 3. The second-order valence-corrected chi connectivity index (χ2v) is 15.5. The van der Waals surface area contributed by atoms with Crippen LogP contribution in [-0.2, 0) is 28.6 Å². The van der Waals surface area contributed by atoms with E-state index in [2.05, 4.69) is 27.7 Å². The molecule has 0 aliphatic heterocycles. The number of carbonyl (C=O) groups is 3. The molecular formula is C44H84O6. The first-order valence-corrected chi connectivity index (χ1v) is 21.9. The summed E-state index contributed by atoms with van der Waals surface area (Å²) in [4.78, 5) is 37.5. The van der Waals surface area contributed by atoms with E-state index in [9.17, 15) is 14.4 Å². The van der Waals surface area contributed by atoms with Crippen molar-refractivity contribution in [1.29, 1.82) is 0 Å². The number of ether oxygens (including phenoxy) is 3. The van der Waals surface area contributed by atoms with E-state index in [0.717, 1.165) is 63.7 Å². The Hall–Kier alpha value is -1.59. The maximum absolute atomic E-state index is 12.6. The lowest BCUT2D eigenvalue weighted by Gasteiger charge is -2.18. The molecule has 0 aliphatic carbocycles. The summed E-state index contributed by atoms with van der Waals surface area (Å²) >= 11 is 0. The lowest BCUT2D eigenvalue weighted by atomic mass is 10.0. The van der Waals surface area contributed by atoms with Gasteiger partial charge in [0.25, 0.3) is 0 Å². The molecule has 0 fully saturated rings. The zero-order valence-electron chi connectivity index (χ0n) is 33.9. The van der Waals surface area contributed by atoms with E-state index in [4.69, 9.17) is 14.2 Å². The summed E-state index contributed by atoms with van der Waals surface area (Å²) in [5, 5.41) is 0. The van der Waals surface area contributed by atoms with Crippen molar-refractivity contribution in [2.75, 3.05) is 13.2 Å². The lowest BCUT2D eigenvalue weighted by molar-refractivity contribution is -0.167. The van der Waals surface area contributed by atoms with Crippen molar-refractivity contribution in [3.63, 3.8) is 0 Å². The third-order valence-corrected chi connectivity index (χ3v) is 9.79. The Morgan fingerprint density at radius 3 is 0.980 bits per heavy atom. The van der Waals surface area contributed by atoms with E-state index in [0.29, 0.717) is 19.3 Å². The Labute approximate surface area is 310 Å². The van der Waals surface area contributed by atoms with Gasteiger partial charge in [-0.3, -0.25) is 14.4 Å². The van der Waals surface area contributed by atoms with Crippen LogP contribution in [0.2, 0.25) is 0 Å². The minimum absolute atomic E-state index is 0.0646. The van der Waals surface area contributed by atoms with Crippen LogP contribution < -0.4 is 0 Å². The quantitative estimate of drug-likeness (QED) is 0.0359. The molecule has 0 aromatic carbocycles. The van der Waals surface area contributed by atoms with Gasteiger partial charge in [-0.15, -0.1) is 0 Å². The van der Waals surface area contributed by atoms with Gasteiger partial charge in [-0.2, -0.15) is 0 Å². The number of unbranched alkanes of at least 4 members (excludes halogenated alkanes) is 26. The Kier molecular flexibility index (Phi) is 37.4. The molecule has 0 saturated heterocycles. The zero-order valence-corrected chi connectivity index (χ0v) is 33.9. The standard InChI is InChI=1S/C44H84O6/c1-5-7-9-11-13-14-16-20-24-27-31-35-42(45)48-38-41(50-44(47)37-33-29-22-12-10-8-6-2)39-49-43(46)36-32-28-25-21-18-15-17-19-23-26-30-34-40(3)4/h40-41H,5-39H2,1-4H3/t41-/m1/s1. The van der Waals surface area contributed by atoms with Gasteiger partial charge in [0.15, 0.2) is 6.10 Å². The van der Waals surface area contributed by atoms with Crippen molar-refractivity contribution in [3.8, 4) is 0 Å². The first-order valence-electron chi connectivity index (χ1n) is 21.9. The molecule has 0 aromatic heterocycles. The monoisotopic (exact) mass is 709 g/mol. The van der Waals surface area contributed by atoms with Crippen molar-refractivity contribution in [3.05, 3.63) is 0 Å². The summed E-state index contributed by atoms with van der Waals surface area (Å²) in [6.07, 6.45) is 36.7. The van der Waals surface area contributed by atoms with E-state index in [-0.39, 0.29) is 31.1 Å². The fraction of sp³-hybridized carbons (Fsp3) is 0.932. The molecule has 6 nitrogen and oxygen atoms in total. The number of hydrogen-bond donors (Lipinski definition) is 0. The van der Waals surface area contributed by atoms with E-state index in [1.54, 1.807) is 0 Å². The average Bonchev–Trinajstić information content (AvgIpc) is 3.09. The average molecular weight is 709 g/mol. The van der Waals surface area contributed by atoms with Gasteiger partial charge in [-0.1, -0.05) is 201 Å². The van der Waals surface area contributed by atoms with Gasteiger partial charge in [0.2, 0.25) is 0 Å². The summed E-state index contributed by atoms with van der Waals surface area (Å²) in [5.74, 6) is -0.0370. The molecular weight excluding hydrogens is 624 g/mol. The first-order chi connectivity index (χ1) is 24.4. The van der Waals surface area contributed by atoms with Gasteiger partial charge < -0.3 is 14.2 Å². The minimum atomic E-state index is -0.757. The molecule has 0 saturated carbocycles. The predicted octanol–water partition coefficient (Wildman–Crippen LogP) is 13.6. The summed E-state index contributed by atoms with van der Waals surface area (Å²) in [5.41, 5.74) is 0. The van der Waals surface area contributed by atoms with Crippen LogP contribution in [0.4, 0.5) is 0 Å². The van der Waals surface area contributed by atoms with E-state index < -0.39 is 6.10 Å². The van der Waals surface area contributed by atoms with Crippen molar-refractivity contribution < 1.29 is 28.6 Å². The summed E-state index contributed by atoms with van der Waals surface area (Å²) in [6.45, 7) is 8.94. The molecule has 0 unspecified atom stereocenters. The van der Waals surface area contributed by atoms with Crippen molar-refractivity contribution in [2.45, 2.75) is 246 Å². The molecule has 0 heterocycles. The zero-order chi connectivity index (χ0) is 36.8. The first kappa shape index (κ1) is 48.4. The molecule has 0 aromatic rings. The molecule has 6 heteroatoms. The Balaban J connectivity index is 4.24. The van der Waals surface area contributed by atoms with Gasteiger partial charge in [0.05, 0.1) is 0 Å². The highest BCUT2D eigenvalue weighted by Gasteiger charge is 2.19. The minimum Gasteiger partial charge on any atom is -0.462 e. The molecule has 1 atom stereocenters. The maximum atomic E-state index is 12.6. The fourth-order valence-electron chi connectivity index (χ4n) is 6.45. The normalized spacial score (nSPS) is 11.9. The molecule has 0 bridgehead atoms. The number of rotatable bonds is 39. The van der Waals surface area contributed by atoms with Crippen molar-refractivity contribution in [1.82, 2.24) is 0 Å². The topological polar surface area (TPSA) is 78.9 Å². The third-order valence-electron chi connectivity index (χ3n) is 9.79. The van der Waals surface area contributed by atoms with E-state index in [1.807, 2.05) is 0 Å². The molecule has 0 N–H and O–H groups in total. The van der Waals surface area contributed by atoms with Crippen LogP contribution in [-0.4, -0.2) is 37.2 Å². The number of hydrogen-bond acceptors (Lipinski definition) is 6. The van der Waals surface area contributed by atoms with Crippen LogP contribution in [0.1, 0.15) is 240 Å². The van der Waals surface area contributed by atoms with E-state index >= 15 is 0 Å². The molecule has 0 aliphatic rings. The van der Waals surface area contributed by atoms with Gasteiger partial charge in [-0.25, -0.2) is 0 Å². The van der Waals surface area contributed by atoms with Gasteiger partial charge >= 0.3 is 17.9 Å². The highest BCUT2D eigenvalue weighted by atomic mass is 16.6. The Morgan fingerprint density at radius 2 is 0.660 bits per heavy atom. The Morgan fingerprint density at radius 1 is 0.380 bits per heavy atom. The van der Waals surface area contributed by atoms with Gasteiger partial charge in [-0.05, 0) is 25.2 Å². The van der Waals surface area contributed by atoms with Crippen LogP contribution in [0.25, 0.3) is 0 Å². The summed E-state index contributed by atoms with van der Waals surface area (Å²) in [7, 11) is 0. The van der Waals surface area contributed by atoms with Gasteiger partial charge in [0.1, 0.15) is 13.2 Å². The molecule has 0 radical (unpaired) electrons. The van der Waals surface area contributed by atoms with Crippen LogP contribution in [0.5, 0.6) is 0 Å². The predicted molar refractivity (Wildman–Crippen MR) is 210 cm³/mol. The molecule has 0 amide bonds. The van der Waals surface area contributed by atoms with E-state index in [1.165, 1.54) is 135 Å². The molecule has 0 spiro atoms. The summed E-state index contributed by atoms with van der Waals surface area (Å²) in [6, 6.07) is 0. The molecule has 50 heavy (non-hydrogen) atoms. The third kappa shape index (κ3) is 37.7. The fourth-order valence-corrected chi connectivity index (χ4v) is 6.45. The van der Waals surface area contributed by atoms with Crippen LogP contribution in [0.3, 0.4) is 0 Å². The lowest BCUT2D eigenvalue weighted by Crippen LogP contribution is -2.30. The highest BCUT2D eigenvalue weighted by Crippen LogP contribution is 2.16. The van der Waals surface area contributed by atoms with Crippen LogP contribution in [0, 0.1) is 5.92 Å². The largest absolute Gasteiger partial charge is 0.462 e. The SMILES string of the molecule is CCCCCCCCCCCCCC(=O)OC[C@H](COC(=O)CCCCCCCCCCCCCC(C)C)OC(=O)CCCCCCCCC. The maximum Gasteiger partial charge on any atom is 0.306 e.